The molecule has 1 atom stereocenters. The van der Waals surface area contributed by atoms with Crippen molar-refractivity contribution < 1.29 is 24.5 Å². The van der Waals surface area contributed by atoms with E-state index in [-0.39, 0.29) is 19.1 Å². The van der Waals surface area contributed by atoms with Gasteiger partial charge in [0.2, 0.25) is 0 Å². The number of carbonyl (C=O) groups excluding carboxylic acids is 1. The van der Waals surface area contributed by atoms with Crippen LogP contribution in [0.1, 0.15) is 71.0 Å². The molecule has 1 fully saturated rings. The average molecular weight is 407 g/mol. The highest BCUT2D eigenvalue weighted by atomic mass is 16.6. The number of hydrogen-bond donors (Lipinski definition) is 3. The molecule has 0 saturated heterocycles. The van der Waals surface area contributed by atoms with Gasteiger partial charge in [0.15, 0.2) is 0 Å². The molecule has 7 heteroatoms. The number of carboxylic acid groups (broad SMARTS) is 1. The molecule has 1 aromatic carbocycles. The Balaban J connectivity index is 2.17. The lowest BCUT2D eigenvalue weighted by Crippen LogP contribution is -2.40. The Kier molecular flexibility index (Phi) is 8.32. The lowest BCUT2D eigenvalue weighted by molar-refractivity contribution is 0.0571. The molecule has 0 radical (unpaired) electrons. The zero-order valence-electron chi connectivity index (χ0n) is 17.7. The molecule has 0 aromatic heterocycles. The number of rotatable bonds is 7. The van der Waals surface area contributed by atoms with Crippen molar-refractivity contribution in [3.63, 3.8) is 0 Å². The number of nitrogens with one attached hydrogen (secondary N) is 1. The highest BCUT2D eigenvalue weighted by Gasteiger charge is 2.27. The minimum Gasteiger partial charge on any atom is -0.465 e. The van der Waals surface area contributed by atoms with Crippen LogP contribution in [-0.2, 0) is 4.74 Å². The SMILES string of the molecule is CC(C)(C)OC(=O)N(CC1CCCCC1)c1cccc(C(O)CCNC(=O)O)c1. The number of aliphatic hydroxyl groups excluding tert-OH is 1. The van der Waals surface area contributed by atoms with Gasteiger partial charge in [0.25, 0.3) is 0 Å². The van der Waals surface area contributed by atoms with Crippen LogP contribution >= 0.6 is 0 Å². The van der Waals surface area contributed by atoms with Gasteiger partial charge >= 0.3 is 12.2 Å². The number of anilines is 1. The molecule has 1 saturated carbocycles. The smallest absolute Gasteiger partial charge is 0.414 e. The van der Waals surface area contributed by atoms with Gasteiger partial charge in [-0.2, -0.15) is 0 Å². The first kappa shape index (κ1) is 23.0. The van der Waals surface area contributed by atoms with Crippen molar-refractivity contribution in [3.05, 3.63) is 29.8 Å². The standard InChI is InChI=1S/C22H34N2O5/c1-22(2,3)29-21(28)24(15-16-8-5-4-6-9-16)18-11-7-10-17(14-18)19(25)12-13-23-20(26)27/h7,10-11,14,16,19,23,25H,4-6,8-9,12-13,15H2,1-3H3,(H,26,27). The van der Waals surface area contributed by atoms with E-state index in [0.29, 0.717) is 23.7 Å². The Bertz CT molecular complexity index is 680. The van der Waals surface area contributed by atoms with Gasteiger partial charge in [0, 0.05) is 18.8 Å². The van der Waals surface area contributed by atoms with Crippen LogP contribution in [0.4, 0.5) is 15.3 Å². The van der Waals surface area contributed by atoms with Crippen molar-refractivity contribution in [2.45, 2.75) is 71.0 Å². The molecular formula is C22H34N2O5. The third-order valence-electron chi connectivity index (χ3n) is 5.04. The molecule has 3 N–H and O–H groups in total. The number of benzene rings is 1. The van der Waals surface area contributed by atoms with E-state index in [2.05, 4.69) is 5.32 Å². The molecule has 0 bridgehead atoms. The van der Waals surface area contributed by atoms with Gasteiger partial charge in [-0.25, -0.2) is 9.59 Å². The maximum atomic E-state index is 12.9. The molecule has 1 aliphatic carbocycles. The number of amides is 2. The second-order valence-electron chi connectivity index (χ2n) is 8.73. The van der Waals surface area contributed by atoms with Gasteiger partial charge in [-0.1, -0.05) is 31.4 Å². The molecule has 2 rings (SSSR count). The van der Waals surface area contributed by atoms with Crippen LogP contribution in [0.3, 0.4) is 0 Å². The van der Waals surface area contributed by atoms with E-state index in [1.807, 2.05) is 26.8 Å². The van der Waals surface area contributed by atoms with Crippen molar-refractivity contribution in [2.75, 3.05) is 18.0 Å². The van der Waals surface area contributed by atoms with Crippen LogP contribution in [0.2, 0.25) is 0 Å². The van der Waals surface area contributed by atoms with E-state index in [1.54, 1.807) is 23.1 Å². The predicted octanol–water partition coefficient (Wildman–Crippen LogP) is 4.70. The normalized spacial score (nSPS) is 16.1. The topological polar surface area (TPSA) is 99.1 Å². The first-order valence-corrected chi connectivity index (χ1v) is 10.4. The maximum absolute atomic E-state index is 12.9. The van der Waals surface area contributed by atoms with Gasteiger partial charge in [-0.15, -0.1) is 0 Å². The molecule has 1 aliphatic rings. The highest BCUT2D eigenvalue weighted by molar-refractivity contribution is 5.88. The molecular weight excluding hydrogens is 372 g/mol. The first-order valence-electron chi connectivity index (χ1n) is 10.4. The second kappa shape index (κ2) is 10.5. The molecule has 0 aliphatic heterocycles. The summed E-state index contributed by atoms with van der Waals surface area (Å²) in [5.74, 6) is 0.435. The van der Waals surface area contributed by atoms with Gasteiger partial charge in [-0.05, 0) is 63.6 Å². The van der Waals surface area contributed by atoms with E-state index >= 15 is 0 Å². The summed E-state index contributed by atoms with van der Waals surface area (Å²) in [5.41, 5.74) is 0.737. The van der Waals surface area contributed by atoms with Crippen molar-refractivity contribution in [1.29, 1.82) is 0 Å². The number of hydrogen-bond acceptors (Lipinski definition) is 4. The van der Waals surface area contributed by atoms with Crippen molar-refractivity contribution in [2.24, 2.45) is 5.92 Å². The fourth-order valence-corrected chi connectivity index (χ4v) is 3.61. The van der Waals surface area contributed by atoms with E-state index in [1.165, 1.54) is 19.3 Å². The van der Waals surface area contributed by atoms with Crippen LogP contribution < -0.4 is 10.2 Å². The number of ether oxygens (including phenoxy) is 1. The van der Waals surface area contributed by atoms with Gasteiger partial charge in [-0.3, -0.25) is 4.90 Å². The Labute approximate surface area is 173 Å². The van der Waals surface area contributed by atoms with Crippen LogP contribution in [-0.4, -0.2) is 41.1 Å². The zero-order chi connectivity index (χ0) is 21.4. The van der Waals surface area contributed by atoms with Crippen molar-refractivity contribution in [3.8, 4) is 0 Å². The van der Waals surface area contributed by atoms with E-state index in [4.69, 9.17) is 9.84 Å². The molecule has 7 nitrogen and oxygen atoms in total. The summed E-state index contributed by atoms with van der Waals surface area (Å²) in [6, 6.07) is 7.22. The lowest BCUT2D eigenvalue weighted by atomic mass is 9.89. The number of aliphatic hydroxyl groups is 1. The zero-order valence-corrected chi connectivity index (χ0v) is 17.7. The third kappa shape index (κ3) is 7.93. The van der Waals surface area contributed by atoms with Crippen molar-refractivity contribution in [1.82, 2.24) is 5.32 Å². The third-order valence-corrected chi connectivity index (χ3v) is 5.04. The minimum atomic E-state index is -1.12. The molecule has 0 heterocycles. The lowest BCUT2D eigenvalue weighted by Gasteiger charge is -2.32. The molecule has 0 spiro atoms. The number of carbonyl (C=O) groups is 2. The van der Waals surface area contributed by atoms with E-state index < -0.39 is 17.8 Å². The maximum Gasteiger partial charge on any atom is 0.414 e. The summed E-state index contributed by atoms with van der Waals surface area (Å²) in [6.45, 7) is 6.28. The van der Waals surface area contributed by atoms with Crippen molar-refractivity contribution >= 4 is 17.9 Å². The van der Waals surface area contributed by atoms with Crippen LogP contribution in [0, 0.1) is 5.92 Å². The fourth-order valence-electron chi connectivity index (χ4n) is 3.61. The highest BCUT2D eigenvalue weighted by Crippen LogP contribution is 2.29. The molecule has 1 aromatic rings. The van der Waals surface area contributed by atoms with E-state index in [9.17, 15) is 14.7 Å². The minimum absolute atomic E-state index is 0.151. The Morgan fingerprint density at radius 3 is 2.55 bits per heavy atom. The Morgan fingerprint density at radius 2 is 1.93 bits per heavy atom. The summed E-state index contributed by atoms with van der Waals surface area (Å²) in [4.78, 5) is 25.2. The molecule has 162 valence electrons. The van der Waals surface area contributed by atoms with Crippen LogP contribution in [0.5, 0.6) is 0 Å². The van der Waals surface area contributed by atoms with Crippen LogP contribution in [0.25, 0.3) is 0 Å². The second-order valence-corrected chi connectivity index (χ2v) is 8.73. The largest absolute Gasteiger partial charge is 0.465 e. The quantitative estimate of drug-likeness (QED) is 0.609. The summed E-state index contributed by atoms with van der Waals surface area (Å²) in [6.07, 6.45) is 3.74. The summed E-state index contributed by atoms with van der Waals surface area (Å²) < 4.78 is 5.64. The molecule has 1 unspecified atom stereocenters. The van der Waals surface area contributed by atoms with Gasteiger partial charge in [0.05, 0.1) is 6.10 Å². The summed E-state index contributed by atoms with van der Waals surface area (Å²) >= 11 is 0. The van der Waals surface area contributed by atoms with E-state index in [0.717, 1.165) is 12.8 Å². The van der Waals surface area contributed by atoms with Gasteiger partial charge in [0.1, 0.15) is 5.60 Å². The molecule has 29 heavy (non-hydrogen) atoms. The summed E-state index contributed by atoms with van der Waals surface area (Å²) in [7, 11) is 0. The number of nitrogens with zero attached hydrogens (tertiary/aromatic N) is 1. The average Bonchev–Trinajstić information content (AvgIpc) is 2.65. The fraction of sp³-hybridized carbons (Fsp3) is 0.636. The van der Waals surface area contributed by atoms with Crippen LogP contribution in [0.15, 0.2) is 24.3 Å². The monoisotopic (exact) mass is 406 g/mol. The first-order chi connectivity index (χ1) is 13.7. The predicted molar refractivity (Wildman–Crippen MR) is 112 cm³/mol. The molecule has 2 amide bonds. The Hall–Kier alpha value is -2.28. The summed E-state index contributed by atoms with van der Waals surface area (Å²) in [5, 5.41) is 21.3. The van der Waals surface area contributed by atoms with Gasteiger partial charge < -0.3 is 20.3 Å². The Morgan fingerprint density at radius 1 is 1.24 bits per heavy atom.